The topological polar surface area (TPSA) is 115 Å². The van der Waals surface area contributed by atoms with Gasteiger partial charge < -0.3 is 9.84 Å². The predicted molar refractivity (Wildman–Crippen MR) is 100 cm³/mol. The molecule has 160 valence electrons. The third kappa shape index (κ3) is 5.11. The van der Waals surface area contributed by atoms with Crippen LogP contribution in [0.3, 0.4) is 0 Å². The monoisotopic (exact) mass is 444 g/mol. The van der Waals surface area contributed by atoms with Crippen LogP contribution in [-0.4, -0.2) is 40.3 Å². The Morgan fingerprint density at radius 3 is 2.47 bits per heavy atom. The molecule has 9 nitrogen and oxygen atoms in total. The Kier molecular flexibility index (Phi) is 5.48. The number of hydrogen-bond donors (Lipinski definition) is 2. The van der Waals surface area contributed by atoms with E-state index in [0.29, 0.717) is 5.56 Å². The standard InChI is InChI=1S/C17H15F3N4O5S/c1-30(27,28)22-14-8-21-7-6-11(14)9-23-10-15(25)24(16(23)26)12-2-4-13(5-3-12)29-17(18,19)20/h2-8,10,22,25H,9H2,1H3. The van der Waals surface area contributed by atoms with Gasteiger partial charge in [-0.2, -0.15) is 0 Å². The molecular formula is C17H15F3N4O5S. The lowest BCUT2D eigenvalue weighted by Gasteiger charge is -2.10. The van der Waals surface area contributed by atoms with Crippen LogP contribution in [0.25, 0.3) is 5.69 Å². The van der Waals surface area contributed by atoms with E-state index in [1.54, 1.807) is 0 Å². The predicted octanol–water partition coefficient (Wildman–Crippen LogP) is 2.06. The van der Waals surface area contributed by atoms with Crippen molar-refractivity contribution in [2.45, 2.75) is 12.9 Å². The van der Waals surface area contributed by atoms with Crippen molar-refractivity contribution in [2.24, 2.45) is 0 Å². The second-order valence-corrected chi connectivity index (χ2v) is 7.93. The smallest absolute Gasteiger partial charge is 0.493 e. The third-order valence-corrected chi connectivity index (χ3v) is 4.40. The molecule has 2 N–H and O–H groups in total. The second-order valence-electron chi connectivity index (χ2n) is 6.18. The normalized spacial score (nSPS) is 12.0. The molecule has 0 bridgehead atoms. The van der Waals surface area contributed by atoms with Crippen LogP contribution in [-0.2, 0) is 16.6 Å². The minimum Gasteiger partial charge on any atom is -0.493 e. The van der Waals surface area contributed by atoms with E-state index >= 15 is 0 Å². The molecule has 0 spiro atoms. The fourth-order valence-electron chi connectivity index (χ4n) is 2.67. The minimum absolute atomic E-state index is 0.102. The van der Waals surface area contributed by atoms with Crippen LogP contribution in [0.4, 0.5) is 18.9 Å². The number of imidazole rings is 1. The summed E-state index contributed by atoms with van der Waals surface area (Å²) in [4.78, 5) is 16.5. The maximum atomic E-state index is 12.7. The van der Waals surface area contributed by atoms with Crippen LogP contribution in [0.5, 0.6) is 11.6 Å². The summed E-state index contributed by atoms with van der Waals surface area (Å²) in [5.41, 5.74) is -0.0227. The molecular weight excluding hydrogens is 429 g/mol. The van der Waals surface area contributed by atoms with Gasteiger partial charge in [-0.3, -0.25) is 14.3 Å². The Bertz CT molecular complexity index is 1220. The van der Waals surface area contributed by atoms with E-state index in [-0.39, 0.29) is 17.9 Å². The number of pyridine rings is 1. The van der Waals surface area contributed by atoms with E-state index in [0.717, 1.165) is 33.7 Å². The number of sulfonamides is 1. The van der Waals surface area contributed by atoms with Gasteiger partial charge >= 0.3 is 12.1 Å². The quantitative estimate of drug-likeness (QED) is 0.601. The molecule has 0 radical (unpaired) electrons. The largest absolute Gasteiger partial charge is 0.573 e. The lowest BCUT2D eigenvalue weighted by molar-refractivity contribution is -0.274. The highest BCUT2D eigenvalue weighted by Crippen LogP contribution is 2.25. The van der Waals surface area contributed by atoms with Crippen LogP contribution >= 0.6 is 0 Å². The summed E-state index contributed by atoms with van der Waals surface area (Å²) >= 11 is 0. The van der Waals surface area contributed by atoms with Crippen molar-refractivity contribution in [2.75, 3.05) is 11.0 Å². The summed E-state index contributed by atoms with van der Waals surface area (Å²) < 4.78 is 67.9. The van der Waals surface area contributed by atoms with Crippen LogP contribution < -0.4 is 15.1 Å². The Balaban J connectivity index is 1.92. The van der Waals surface area contributed by atoms with Crippen molar-refractivity contribution in [1.29, 1.82) is 0 Å². The SMILES string of the molecule is CS(=O)(=O)Nc1cnccc1Cn1cc(O)n(-c2ccc(OC(F)(F)F)cc2)c1=O. The van der Waals surface area contributed by atoms with Gasteiger partial charge in [0.2, 0.25) is 15.9 Å². The lowest BCUT2D eigenvalue weighted by atomic mass is 10.2. The third-order valence-electron chi connectivity index (χ3n) is 3.81. The fourth-order valence-corrected chi connectivity index (χ4v) is 3.25. The number of rotatable bonds is 6. The molecule has 0 aliphatic carbocycles. The Morgan fingerprint density at radius 1 is 1.20 bits per heavy atom. The van der Waals surface area contributed by atoms with Gasteiger partial charge in [-0.05, 0) is 35.9 Å². The molecule has 0 saturated carbocycles. The van der Waals surface area contributed by atoms with Gasteiger partial charge in [0.15, 0.2) is 0 Å². The zero-order valence-corrected chi connectivity index (χ0v) is 16.1. The Hall–Kier alpha value is -3.48. The van der Waals surface area contributed by atoms with Crippen LogP contribution in [0.15, 0.2) is 53.7 Å². The summed E-state index contributed by atoms with van der Waals surface area (Å²) in [6, 6.07) is 5.86. The van der Waals surface area contributed by atoms with Crippen molar-refractivity contribution < 1.29 is 31.4 Å². The summed E-state index contributed by atoms with van der Waals surface area (Å²) in [5.74, 6) is -0.942. The van der Waals surface area contributed by atoms with E-state index in [1.807, 2.05) is 0 Å². The van der Waals surface area contributed by atoms with E-state index in [1.165, 1.54) is 30.6 Å². The molecule has 0 aliphatic heterocycles. The van der Waals surface area contributed by atoms with Crippen molar-refractivity contribution in [3.8, 4) is 17.3 Å². The highest BCUT2D eigenvalue weighted by Gasteiger charge is 2.31. The first-order valence-corrected chi connectivity index (χ1v) is 10.1. The molecule has 0 aliphatic rings. The van der Waals surface area contributed by atoms with E-state index in [4.69, 9.17) is 0 Å². The van der Waals surface area contributed by atoms with Gasteiger partial charge in [-0.15, -0.1) is 13.2 Å². The van der Waals surface area contributed by atoms with E-state index < -0.39 is 33.7 Å². The molecule has 0 unspecified atom stereocenters. The average molecular weight is 444 g/mol. The maximum absolute atomic E-state index is 12.7. The van der Waals surface area contributed by atoms with Gasteiger partial charge in [0.25, 0.3) is 0 Å². The van der Waals surface area contributed by atoms with Crippen LogP contribution in [0.1, 0.15) is 5.56 Å². The van der Waals surface area contributed by atoms with Crippen molar-refractivity contribution >= 4 is 15.7 Å². The summed E-state index contributed by atoms with van der Waals surface area (Å²) in [7, 11) is -3.59. The zero-order chi connectivity index (χ0) is 22.1. The number of aromatic nitrogens is 3. The number of anilines is 1. The van der Waals surface area contributed by atoms with Crippen molar-refractivity contribution in [1.82, 2.24) is 14.1 Å². The fraction of sp³-hybridized carbons (Fsp3) is 0.176. The molecule has 0 fully saturated rings. The van der Waals surface area contributed by atoms with E-state index in [2.05, 4.69) is 14.4 Å². The van der Waals surface area contributed by atoms with Crippen molar-refractivity contribution in [3.63, 3.8) is 0 Å². The highest BCUT2D eigenvalue weighted by atomic mass is 32.2. The molecule has 1 aromatic carbocycles. The molecule has 0 saturated heterocycles. The maximum Gasteiger partial charge on any atom is 0.573 e. The van der Waals surface area contributed by atoms with Crippen LogP contribution in [0, 0.1) is 0 Å². The molecule has 13 heteroatoms. The number of ether oxygens (including phenoxy) is 1. The van der Waals surface area contributed by atoms with E-state index in [9.17, 15) is 31.5 Å². The number of halogens is 3. The molecule has 2 aromatic heterocycles. The molecule has 30 heavy (non-hydrogen) atoms. The number of benzene rings is 1. The summed E-state index contributed by atoms with van der Waals surface area (Å²) in [5, 5.41) is 10.2. The minimum atomic E-state index is -4.86. The summed E-state index contributed by atoms with van der Waals surface area (Å²) in [6.07, 6.45) is -0.0920. The number of aromatic hydroxyl groups is 1. The zero-order valence-electron chi connectivity index (χ0n) is 15.3. The van der Waals surface area contributed by atoms with Gasteiger partial charge in [0.1, 0.15) is 5.75 Å². The number of nitrogens with zero attached hydrogens (tertiary/aromatic N) is 3. The molecule has 2 heterocycles. The highest BCUT2D eigenvalue weighted by molar-refractivity contribution is 7.92. The van der Waals surface area contributed by atoms with Gasteiger partial charge in [0.05, 0.1) is 36.6 Å². The molecule has 0 amide bonds. The van der Waals surface area contributed by atoms with Gasteiger partial charge in [-0.25, -0.2) is 17.8 Å². The molecule has 3 aromatic rings. The second kappa shape index (κ2) is 7.74. The van der Waals surface area contributed by atoms with Gasteiger partial charge in [-0.1, -0.05) is 0 Å². The first kappa shape index (κ1) is 21.2. The first-order valence-electron chi connectivity index (χ1n) is 8.21. The number of hydrogen-bond acceptors (Lipinski definition) is 6. The lowest BCUT2D eigenvalue weighted by Crippen LogP contribution is -2.24. The molecule has 0 atom stereocenters. The Labute approximate surface area is 168 Å². The number of nitrogens with one attached hydrogen (secondary N) is 1. The number of alkyl halides is 3. The Morgan fingerprint density at radius 2 is 1.87 bits per heavy atom. The van der Waals surface area contributed by atoms with Crippen molar-refractivity contribution in [3.05, 3.63) is 65.0 Å². The van der Waals surface area contributed by atoms with Gasteiger partial charge in [0, 0.05) is 6.20 Å². The summed E-state index contributed by atoms with van der Waals surface area (Å²) in [6.45, 7) is -0.102. The first-order chi connectivity index (χ1) is 13.9. The van der Waals surface area contributed by atoms with Crippen LogP contribution in [0.2, 0.25) is 0 Å². The average Bonchev–Trinajstić information content (AvgIpc) is 2.89. The molecule has 3 rings (SSSR count).